The number of unbranched alkanes of at least 4 members (excludes halogenated alkanes) is 1. The van der Waals surface area contributed by atoms with Gasteiger partial charge in [0.2, 0.25) is 5.78 Å². The topological polar surface area (TPSA) is 35.5 Å². The van der Waals surface area contributed by atoms with Crippen molar-refractivity contribution in [1.29, 1.82) is 0 Å². The number of carbonyl (C=O) groups excluding carboxylic acids is 1. The van der Waals surface area contributed by atoms with Gasteiger partial charge in [-0.05, 0) is 29.7 Å². The standard InChI is InChI=1S/C30H28O3/c1-3-4-21-33-30-25(23-15-9-6-10-16-23)18-12-20-27(30)28(31)26-19-11-17-24(29(26)32-2)22-13-7-5-8-14-22/h5-20H,3-4,21H2,1-2H3. The van der Waals surface area contributed by atoms with E-state index in [4.69, 9.17) is 9.47 Å². The van der Waals surface area contributed by atoms with E-state index >= 15 is 0 Å². The molecule has 3 heteroatoms. The molecule has 0 saturated carbocycles. The highest BCUT2D eigenvalue weighted by atomic mass is 16.5. The lowest BCUT2D eigenvalue weighted by Crippen LogP contribution is -2.09. The third-order valence-corrected chi connectivity index (χ3v) is 5.64. The van der Waals surface area contributed by atoms with Gasteiger partial charge in [-0.2, -0.15) is 0 Å². The van der Waals surface area contributed by atoms with Gasteiger partial charge in [-0.1, -0.05) is 98.3 Å². The molecule has 0 unspecified atom stereocenters. The van der Waals surface area contributed by atoms with Crippen molar-refractivity contribution in [1.82, 2.24) is 0 Å². The van der Waals surface area contributed by atoms with E-state index in [9.17, 15) is 4.79 Å². The molecule has 0 saturated heterocycles. The van der Waals surface area contributed by atoms with E-state index < -0.39 is 0 Å². The van der Waals surface area contributed by atoms with E-state index in [1.807, 2.05) is 97.1 Å². The zero-order chi connectivity index (χ0) is 23.0. The molecule has 4 rings (SSSR count). The molecule has 166 valence electrons. The van der Waals surface area contributed by atoms with Crippen molar-refractivity contribution in [3.63, 3.8) is 0 Å². The Balaban J connectivity index is 1.83. The number of hydrogen-bond acceptors (Lipinski definition) is 3. The Hall–Kier alpha value is -3.85. The first-order valence-corrected chi connectivity index (χ1v) is 11.3. The lowest BCUT2D eigenvalue weighted by atomic mass is 9.93. The predicted octanol–water partition coefficient (Wildman–Crippen LogP) is 7.44. The van der Waals surface area contributed by atoms with Crippen molar-refractivity contribution in [3.05, 3.63) is 108 Å². The number of rotatable bonds is 9. The summed E-state index contributed by atoms with van der Waals surface area (Å²) in [5.74, 6) is 1.07. The maximum absolute atomic E-state index is 13.9. The molecule has 0 aromatic heterocycles. The summed E-state index contributed by atoms with van der Waals surface area (Å²) in [4.78, 5) is 13.9. The van der Waals surface area contributed by atoms with Gasteiger partial charge >= 0.3 is 0 Å². The van der Waals surface area contributed by atoms with Crippen molar-refractivity contribution in [3.8, 4) is 33.8 Å². The van der Waals surface area contributed by atoms with Gasteiger partial charge in [0.25, 0.3) is 0 Å². The molecular formula is C30H28O3. The van der Waals surface area contributed by atoms with Gasteiger partial charge < -0.3 is 9.47 Å². The van der Waals surface area contributed by atoms with Crippen molar-refractivity contribution in [2.75, 3.05) is 13.7 Å². The Morgan fingerprint density at radius 1 is 0.667 bits per heavy atom. The Morgan fingerprint density at radius 3 is 1.70 bits per heavy atom. The monoisotopic (exact) mass is 436 g/mol. The van der Waals surface area contributed by atoms with Crippen LogP contribution in [0.25, 0.3) is 22.3 Å². The fourth-order valence-corrected chi connectivity index (χ4v) is 3.96. The Kier molecular flexibility index (Phi) is 7.21. The zero-order valence-corrected chi connectivity index (χ0v) is 19.1. The smallest absolute Gasteiger partial charge is 0.200 e. The van der Waals surface area contributed by atoms with E-state index in [2.05, 4.69) is 6.92 Å². The predicted molar refractivity (Wildman–Crippen MR) is 134 cm³/mol. The molecule has 4 aromatic carbocycles. The van der Waals surface area contributed by atoms with Crippen molar-refractivity contribution in [2.24, 2.45) is 0 Å². The van der Waals surface area contributed by atoms with E-state index in [1.54, 1.807) is 7.11 Å². The van der Waals surface area contributed by atoms with Gasteiger partial charge in [0.1, 0.15) is 11.5 Å². The van der Waals surface area contributed by atoms with Crippen LogP contribution < -0.4 is 9.47 Å². The maximum atomic E-state index is 13.9. The van der Waals surface area contributed by atoms with Crippen LogP contribution in [0.3, 0.4) is 0 Å². The highest BCUT2D eigenvalue weighted by molar-refractivity contribution is 6.14. The number of methoxy groups -OCH3 is 1. The van der Waals surface area contributed by atoms with Crippen LogP contribution in [0.1, 0.15) is 35.7 Å². The van der Waals surface area contributed by atoms with Crippen LogP contribution >= 0.6 is 0 Å². The summed E-state index contributed by atoms with van der Waals surface area (Å²) in [5, 5.41) is 0. The summed E-state index contributed by atoms with van der Waals surface area (Å²) in [7, 11) is 1.61. The van der Waals surface area contributed by atoms with Crippen LogP contribution in [0.2, 0.25) is 0 Å². The molecule has 0 heterocycles. The number of benzene rings is 4. The third-order valence-electron chi connectivity index (χ3n) is 5.64. The Bertz CT molecular complexity index is 1210. The molecular weight excluding hydrogens is 408 g/mol. The first-order valence-electron chi connectivity index (χ1n) is 11.3. The zero-order valence-electron chi connectivity index (χ0n) is 19.1. The first kappa shape index (κ1) is 22.3. The summed E-state index contributed by atoms with van der Waals surface area (Å²) in [6.07, 6.45) is 1.94. The molecule has 0 radical (unpaired) electrons. The minimum atomic E-state index is -0.117. The largest absolute Gasteiger partial charge is 0.495 e. The number of hydrogen-bond donors (Lipinski definition) is 0. The second-order valence-corrected chi connectivity index (χ2v) is 7.83. The maximum Gasteiger partial charge on any atom is 0.200 e. The number of ether oxygens (including phenoxy) is 2. The Morgan fingerprint density at radius 2 is 1.18 bits per heavy atom. The molecule has 0 aliphatic rings. The fourth-order valence-electron chi connectivity index (χ4n) is 3.96. The minimum Gasteiger partial charge on any atom is -0.495 e. The summed E-state index contributed by atoms with van der Waals surface area (Å²) in [5.41, 5.74) is 4.87. The van der Waals surface area contributed by atoms with Crippen molar-refractivity contribution >= 4 is 5.78 Å². The molecule has 0 atom stereocenters. The second-order valence-electron chi connectivity index (χ2n) is 7.83. The van der Waals surface area contributed by atoms with E-state index in [-0.39, 0.29) is 5.78 Å². The average Bonchev–Trinajstić information content (AvgIpc) is 2.89. The van der Waals surface area contributed by atoms with E-state index in [0.717, 1.165) is 35.1 Å². The van der Waals surface area contributed by atoms with Gasteiger partial charge in [0.05, 0.1) is 24.8 Å². The molecule has 0 amide bonds. The summed E-state index contributed by atoms with van der Waals surface area (Å²) in [6.45, 7) is 2.68. The van der Waals surface area contributed by atoms with E-state index in [0.29, 0.717) is 29.2 Å². The van der Waals surface area contributed by atoms with Gasteiger partial charge in [-0.25, -0.2) is 0 Å². The summed E-state index contributed by atoms with van der Waals surface area (Å²) < 4.78 is 12.0. The van der Waals surface area contributed by atoms with Crippen LogP contribution in [-0.2, 0) is 0 Å². The molecule has 0 bridgehead atoms. The quantitative estimate of drug-likeness (QED) is 0.202. The molecule has 4 aromatic rings. The lowest BCUT2D eigenvalue weighted by molar-refractivity contribution is 0.103. The summed E-state index contributed by atoms with van der Waals surface area (Å²) >= 11 is 0. The van der Waals surface area contributed by atoms with Gasteiger partial charge in [0, 0.05) is 11.1 Å². The average molecular weight is 437 g/mol. The molecule has 0 N–H and O–H groups in total. The number of ketones is 1. The van der Waals surface area contributed by atoms with Gasteiger partial charge in [-0.15, -0.1) is 0 Å². The van der Waals surface area contributed by atoms with Crippen LogP contribution in [0.4, 0.5) is 0 Å². The SMILES string of the molecule is CCCCOc1c(C(=O)c2cccc(-c3ccccc3)c2OC)cccc1-c1ccccc1. The van der Waals surface area contributed by atoms with Crippen molar-refractivity contribution < 1.29 is 14.3 Å². The number of para-hydroxylation sites is 2. The molecule has 0 spiro atoms. The molecule has 0 aliphatic carbocycles. The highest BCUT2D eigenvalue weighted by Gasteiger charge is 2.23. The highest BCUT2D eigenvalue weighted by Crippen LogP contribution is 2.38. The number of carbonyl (C=O) groups is 1. The van der Waals surface area contributed by atoms with Crippen LogP contribution in [0.5, 0.6) is 11.5 Å². The minimum absolute atomic E-state index is 0.117. The molecule has 0 aliphatic heterocycles. The van der Waals surface area contributed by atoms with Crippen molar-refractivity contribution in [2.45, 2.75) is 19.8 Å². The first-order chi connectivity index (χ1) is 16.2. The van der Waals surface area contributed by atoms with Crippen LogP contribution in [0, 0.1) is 0 Å². The molecule has 0 fully saturated rings. The lowest BCUT2D eigenvalue weighted by Gasteiger charge is -2.18. The van der Waals surface area contributed by atoms with Crippen LogP contribution in [-0.4, -0.2) is 19.5 Å². The normalized spacial score (nSPS) is 10.6. The van der Waals surface area contributed by atoms with Gasteiger partial charge in [0.15, 0.2) is 0 Å². The third kappa shape index (κ3) is 4.83. The molecule has 3 nitrogen and oxygen atoms in total. The fraction of sp³-hybridized carbons (Fsp3) is 0.167. The van der Waals surface area contributed by atoms with Gasteiger partial charge in [-0.3, -0.25) is 4.79 Å². The summed E-state index contributed by atoms with van der Waals surface area (Å²) in [6, 6.07) is 31.4. The van der Waals surface area contributed by atoms with E-state index in [1.165, 1.54) is 0 Å². The Labute approximate surface area is 195 Å². The molecule has 33 heavy (non-hydrogen) atoms. The van der Waals surface area contributed by atoms with Crippen LogP contribution in [0.15, 0.2) is 97.1 Å². The second kappa shape index (κ2) is 10.6.